The van der Waals surface area contributed by atoms with Gasteiger partial charge < -0.3 is 5.43 Å². The normalized spacial score (nSPS) is 13.4. The first-order chi connectivity index (χ1) is 10.4. The number of hydrogen-bond acceptors (Lipinski definition) is 6. The summed E-state index contributed by atoms with van der Waals surface area (Å²) in [5.41, 5.74) is 5.81. The Bertz CT molecular complexity index is 828. The molecule has 104 valence electrons. The zero-order chi connectivity index (χ0) is 14.2. The van der Waals surface area contributed by atoms with Crippen molar-refractivity contribution in [2.75, 3.05) is 5.43 Å². The number of rotatable bonds is 2. The van der Waals surface area contributed by atoms with Gasteiger partial charge >= 0.3 is 0 Å². The fourth-order valence-electron chi connectivity index (χ4n) is 2.59. The van der Waals surface area contributed by atoms with Gasteiger partial charge in [-0.25, -0.2) is 15.8 Å². The smallest absolute Gasteiger partial charge is 0.164 e. The quantitative estimate of drug-likeness (QED) is 0.559. The van der Waals surface area contributed by atoms with Gasteiger partial charge in [-0.05, 0) is 5.39 Å². The summed E-state index contributed by atoms with van der Waals surface area (Å²) in [5.74, 6) is 8.81. The third kappa shape index (κ3) is 2.03. The van der Waals surface area contributed by atoms with Gasteiger partial charge in [-0.15, -0.1) is 0 Å². The highest BCUT2D eigenvalue weighted by molar-refractivity contribution is 7.98. The summed E-state index contributed by atoms with van der Waals surface area (Å²) in [5, 5.41) is 2.18. The minimum Gasteiger partial charge on any atom is -0.308 e. The van der Waals surface area contributed by atoms with E-state index in [9.17, 15) is 0 Å². The van der Waals surface area contributed by atoms with Gasteiger partial charge in [0.25, 0.3) is 0 Å². The van der Waals surface area contributed by atoms with E-state index in [1.54, 1.807) is 0 Å². The average Bonchev–Trinajstić information content (AvgIpc) is 3.02. The van der Waals surface area contributed by atoms with E-state index in [0.717, 1.165) is 39.1 Å². The van der Waals surface area contributed by atoms with E-state index < -0.39 is 0 Å². The van der Waals surface area contributed by atoms with E-state index in [0.29, 0.717) is 11.6 Å². The molecule has 3 heterocycles. The molecule has 5 nitrogen and oxygen atoms in total. The van der Waals surface area contributed by atoms with Gasteiger partial charge in [0.05, 0.1) is 5.69 Å². The average molecular weight is 295 g/mol. The number of benzene rings is 1. The first kappa shape index (κ1) is 12.6. The molecule has 0 spiro atoms. The number of pyridine rings is 1. The number of hydrazine groups is 1. The first-order valence-corrected chi connectivity index (χ1v) is 7.79. The fourth-order valence-corrected chi connectivity index (χ4v) is 3.63. The highest BCUT2D eigenvalue weighted by atomic mass is 32.2. The number of nitrogen functional groups attached to an aromatic ring is 1. The monoisotopic (exact) mass is 295 g/mol. The molecule has 0 amide bonds. The standard InChI is InChI=1S/C15H13N5S/c16-20-15-12-7-21-8-13(12)18-14(19-15)11-6-17-5-9-3-1-2-4-10(9)11/h1-6H,7-8,16H2,(H,18,19,20). The molecule has 0 unspecified atom stereocenters. The minimum absolute atomic E-state index is 0.675. The van der Waals surface area contributed by atoms with E-state index in [4.69, 9.17) is 10.8 Å². The maximum atomic E-state index is 5.62. The SMILES string of the molecule is NNc1nc(-c2cncc3ccccc23)nc2c1CSC2. The Morgan fingerprint density at radius 3 is 2.90 bits per heavy atom. The van der Waals surface area contributed by atoms with E-state index >= 15 is 0 Å². The molecule has 6 heteroatoms. The Morgan fingerprint density at radius 1 is 1.10 bits per heavy atom. The molecule has 4 rings (SSSR count). The van der Waals surface area contributed by atoms with E-state index in [-0.39, 0.29) is 0 Å². The van der Waals surface area contributed by atoms with Crippen molar-refractivity contribution in [1.82, 2.24) is 15.0 Å². The summed E-state index contributed by atoms with van der Waals surface area (Å²) in [6, 6.07) is 8.11. The summed E-state index contributed by atoms with van der Waals surface area (Å²) >= 11 is 1.83. The van der Waals surface area contributed by atoms with Crippen LogP contribution in [0.4, 0.5) is 5.82 Å². The van der Waals surface area contributed by atoms with Gasteiger partial charge in [0.1, 0.15) is 5.82 Å². The van der Waals surface area contributed by atoms with Crippen LogP contribution in [0.2, 0.25) is 0 Å². The van der Waals surface area contributed by atoms with Crippen molar-refractivity contribution in [2.24, 2.45) is 5.84 Å². The third-order valence-corrected chi connectivity index (χ3v) is 4.59. The Labute approximate surface area is 126 Å². The molecule has 0 atom stereocenters. The molecule has 0 radical (unpaired) electrons. The number of anilines is 1. The van der Waals surface area contributed by atoms with Crippen LogP contribution in [0.5, 0.6) is 0 Å². The number of thioether (sulfide) groups is 1. The summed E-state index contributed by atoms with van der Waals surface area (Å²) in [7, 11) is 0. The predicted molar refractivity (Wildman–Crippen MR) is 85.6 cm³/mol. The molecule has 21 heavy (non-hydrogen) atoms. The molecule has 0 aliphatic carbocycles. The van der Waals surface area contributed by atoms with Gasteiger partial charge in [0, 0.05) is 40.4 Å². The zero-order valence-corrected chi connectivity index (χ0v) is 12.0. The van der Waals surface area contributed by atoms with Gasteiger partial charge in [-0.3, -0.25) is 4.98 Å². The highest BCUT2D eigenvalue weighted by Gasteiger charge is 2.20. The van der Waals surface area contributed by atoms with Crippen molar-refractivity contribution in [3.8, 4) is 11.4 Å². The molecule has 0 saturated heterocycles. The Kier molecular flexibility index (Phi) is 2.98. The first-order valence-electron chi connectivity index (χ1n) is 6.64. The summed E-state index contributed by atoms with van der Waals surface area (Å²) < 4.78 is 0. The lowest BCUT2D eigenvalue weighted by Gasteiger charge is -2.10. The number of nitrogens with zero attached hydrogens (tertiary/aromatic N) is 3. The fraction of sp³-hybridized carbons (Fsp3) is 0.133. The van der Waals surface area contributed by atoms with Crippen LogP contribution in [-0.2, 0) is 11.5 Å². The summed E-state index contributed by atoms with van der Waals surface area (Å²) in [6.07, 6.45) is 3.66. The van der Waals surface area contributed by atoms with Gasteiger partial charge in [-0.2, -0.15) is 11.8 Å². The molecule has 0 fully saturated rings. The van der Waals surface area contributed by atoms with E-state index in [2.05, 4.69) is 21.5 Å². The number of hydrogen-bond donors (Lipinski definition) is 2. The molecule has 3 aromatic rings. The van der Waals surface area contributed by atoms with E-state index in [1.165, 1.54) is 0 Å². The molecule has 1 aliphatic rings. The lowest BCUT2D eigenvalue weighted by molar-refractivity contribution is 1.06. The summed E-state index contributed by atoms with van der Waals surface area (Å²) in [4.78, 5) is 13.6. The molecule has 2 aromatic heterocycles. The lowest BCUT2D eigenvalue weighted by Crippen LogP contribution is -2.12. The van der Waals surface area contributed by atoms with Crippen LogP contribution >= 0.6 is 11.8 Å². The Morgan fingerprint density at radius 2 is 2.00 bits per heavy atom. The van der Waals surface area contributed by atoms with Crippen LogP contribution in [0.25, 0.3) is 22.2 Å². The van der Waals surface area contributed by atoms with Gasteiger partial charge in [0.15, 0.2) is 5.82 Å². The molecular formula is C15H13N5S. The number of aromatic nitrogens is 3. The van der Waals surface area contributed by atoms with Crippen molar-refractivity contribution >= 4 is 28.4 Å². The molecule has 0 saturated carbocycles. The van der Waals surface area contributed by atoms with Crippen molar-refractivity contribution in [3.63, 3.8) is 0 Å². The molecule has 1 aliphatic heterocycles. The van der Waals surface area contributed by atoms with Crippen LogP contribution in [0.15, 0.2) is 36.7 Å². The molecule has 0 bridgehead atoms. The van der Waals surface area contributed by atoms with Gasteiger partial charge in [-0.1, -0.05) is 24.3 Å². The van der Waals surface area contributed by atoms with Crippen molar-refractivity contribution < 1.29 is 0 Å². The third-order valence-electron chi connectivity index (χ3n) is 3.62. The Balaban J connectivity index is 1.97. The predicted octanol–water partition coefficient (Wildman–Crippen LogP) is 2.72. The molecular weight excluding hydrogens is 282 g/mol. The van der Waals surface area contributed by atoms with Crippen LogP contribution in [-0.4, -0.2) is 15.0 Å². The number of fused-ring (bicyclic) bond motifs is 2. The summed E-state index contributed by atoms with van der Waals surface area (Å²) in [6.45, 7) is 0. The number of nitrogens with two attached hydrogens (primary N) is 1. The molecule has 1 aromatic carbocycles. The Hall–Kier alpha value is -2.18. The lowest BCUT2D eigenvalue weighted by atomic mass is 10.1. The minimum atomic E-state index is 0.675. The van der Waals surface area contributed by atoms with Crippen molar-refractivity contribution in [3.05, 3.63) is 47.9 Å². The van der Waals surface area contributed by atoms with Crippen LogP contribution in [0.1, 0.15) is 11.3 Å². The highest BCUT2D eigenvalue weighted by Crippen LogP contribution is 2.35. The second-order valence-electron chi connectivity index (χ2n) is 4.87. The van der Waals surface area contributed by atoms with Crippen molar-refractivity contribution in [1.29, 1.82) is 0 Å². The maximum Gasteiger partial charge on any atom is 0.164 e. The van der Waals surface area contributed by atoms with Crippen molar-refractivity contribution in [2.45, 2.75) is 11.5 Å². The maximum absolute atomic E-state index is 5.62. The van der Waals surface area contributed by atoms with Crippen LogP contribution in [0.3, 0.4) is 0 Å². The topological polar surface area (TPSA) is 76.7 Å². The van der Waals surface area contributed by atoms with Crippen LogP contribution < -0.4 is 11.3 Å². The second-order valence-corrected chi connectivity index (χ2v) is 5.85. The second kappa shape index (κ2) is 4.98. The van der Waals surface area contributed by atoms with Crippen LogP contribution in [0, 0.1) is 0 Å². The largest absolute Gasteiger partial charge is 0.308 e. The van der Waals surface area contributed by atoms with E-state index in [1.807, 2.05) is 42.4 Å². The number of nitrogens with one attached hydrogen (secondary N) is 1. The zero-order valence-electron chi connectivity index (χ0n) is 11.2. The molecule has 3 N–H and O–H groups in total. The van der Waals surface area contributed by atoms with Gasteiger partial charge in [0.2, 0.25) is 0 Å².